The van der Waals surface area contributed by atoms with Crippen LogP contribution >= 0.6 is 0 Å². The van der Waals surface area contributed by atoms with E-state index in [1.165, 1.54) is 0 Å². The summed E-state index contributed by atoms with van der Waals surface area (Å²) in [5, 5.41) is 31.2. The second-order valence-corrected chi connectivity index (χ2v) is 16.6. The molecule has 0 radical (unpaired) electrons. The minimum Gasteiger partial charge on any atom is -0.356 e. The third-order valence-electron chi connectivity index (χ3n) is 13.4. The zero-order valence-corrected chi connectivity index (χ0v) is 29.8. The van der Waals surface area contributed by atoms with Crippen molar-refractivity contribution in [1.82, 2.24) is 31.1 Å². The number of unbranched alkanes of at least 4 members (excludes halogenated alkanes) is 2. The van der Waals surface area contributed by atoms with Gasteiger partial charge in [-0.3, -0.25) is 29.0 Å². The molecule has 14 heteroatoms. The Morgan fingerprint density at radius 2 is 0.941 bits per heavy atom. The van der Waals surface area contributed by atoms with E-state index < -0.39 is 35.3 Å². The predicted molar refractivity (Wildman–Crippen MR) is 183 cm³/mol. The normalized spacial score (nSPS) is 37.3. The predicted octanol–water partition coefficient (Wildman–Crippen LogP) is 2.68. The van der Waals surface area contributed by atoms with Crippen molar-refractivity contribution >= 4 is 23.6 Å². The van der Waals surface area contributed by atoms with Crippen LogP contribution in [0.25, 0.3) is 0 Å². The van der Waals surface area contributed by atoms with Gasteiger partial charge in [-0.25, -0.2) is 8.78 Å². The summed E-state index contributed by atoms with van der Waals surface area (Å²) in [6.07, 6.45) is 9.42. The minimum absolute atomic E-state index is 0.0229. The third-order valence-corrected chi connectivity index (χ3v) is 13.4. The Morgan fingerprint density at radius 1 is 0.588 bits per heavy atom. The van der Waals surface area contributed by atoms with Crippen molar-refractivity contribution in [2.45, 2.75) is 145 Å². The number of rotatable bonds is 14. The van der Waals surface area contributed by atoms with E-state index >= 15 is 0 Å². The quantitative estimate of drug-likeness (QED) is 0.199. The first-order chi connectivity index (χ1) is 24.4. The highest BCUT2D eigenvalue weighted by atomic mass is 19.1. The van der Waals surface area contributed by atoms with Crippen molar-refractivity contribution in [3.8, 4) is 12.1 Å². The SMILES string of the molecule is N#C[C@@H]1C[C@H](F)CN1CC(=O)NC12CCC(C(=O)NCCCCCNC(=O)C34CCC(NC(=O)CN5C[C@@H](F)C[C@H]5C#N)(CC3)CC4)(CC1)CC2. The van der Waals surface area contributed by atoms with Gasteiger partial charge < -0.3 is 21.3 Å². The number of hydrogen-bond donors (Lipinski definition) is 4. The molecule has 4 amide bonds. The number of amides is 4. The zero-order chi connectivity index (χ0) is 36.3. The maximum absolute atomic E-state index is 13.8. The van der Waals surface area contributed by atoms with Gasteiger partial charge in [0.05, 0.1) is 25.2 Å². The van der Waals surface area contributed by atoms with Crippen LogP contribution in [0.2, 0.25) is 0 Å². The molecule has 4 atom stereocenters. The van der Waals surface area contributed by atoms with E-state index in [2.05, 4.69) is 33.4 Å². The van der Waals surface area contributed by atoms with Gasteiger partial charge in [0.1, 0.15) is 24.4 Å². The Hall–Kier alpha value is -3.36. The van der Waals surface area contributed by atoms with Crippen LogP contribution in [-0.4, -0.2) is 108 Å². The lowest BCUT2D eigenvalue weighted by atomic mass is 9.57. The second-order valence-electron chi connectivity index (χ2n) is 16.6. The number of likely N-dealkylation sites (tertiary alicyclic amines) is 2. The van der Waals surface area contributed by atoms with E-state index in [-0.39, 0.29) is 73.7 Å². The lowest BCUT2D eigenvalue weighted by Gasteiger charge is -2.52. The Bertz CT molecular complexity index is 1280. The van der Waals surface area contributed by atoms with Gasteiger partial charge in [-0.1, -0.05) is 0 Å². The first-order valence-electron chi connectivity index (χ1n) is 19.2. The van der Waals surface area contributed by atoms with Gasteiger partial charge in [0.2, 0.25) is 23.6 Å². The smallest absolute Gasteiger partial charge is 0.234 e. The summed E-state index contributed by atoms with van der Waals surface area (Å²) >= 11 is 0. The van der Waals surface area contributed by atoms with Crippen LogP contribution < -0.4 is 21.3 Å². The van der Waals surface area contributed by atoms with Gasteiger partial charge in [0.15, 0.2) is 0 Å². The van der Waals surface area contributed by atoms with E-state index in [9.17, 15) is 38.5 Å². The summed E-state index contributed by atoms with van der Waals surface area (Å²) in [5.41, 5.74) is -1.44. The molecular weight excluding hydrogens is 658 g/mol. The standard InChI is InChI=1S/C37H54F2N8O4/c38-26-18-28(20-40)46(22-26)24-30(48)44-36-10-4-34(5-11-36,6-12-36)32(50)42-16-2-1-3-17-43-33(51)35-7-13-37(14-8-35,15-9-35)45-31(49)25-47-23-27(39)19-29(47)21-41/h26-29H,1-19,22-25H2,(H,42,50)(H,43,51)(H,44,48)(H,45,49)/t26-,27-,28-,29-,34?,35?,36?,37?/m0/s1. The molecular formula is C37H54F2N8O4. The average molecular weight is 713 g/mol. The molecule has 6 saturated carbocycles. The summed E-state index contributed by atoms with van der Waals surface area (Å²) in [5.74, 6) is -0.168. The van der Waals surface area contributed by atoms with E-state index in [1.54, 1.807) is 9.80 Å². The molecule has 280 valence electrons. The van der Waals surface area contributed by atoms with E-state index in [4.69, 9.17) is 0 Å². The molecule has 2 heterocycles. The lowest BCUT2D eigenvalue weighted by Crippen LogP contribution is -2.60. The van der Waals surface area contributed by atoms with Gasteiger partial charge in [-0.15, -0.1) is 0 Å². The summed E-state index contributed by atoms with van der Waals surface area (Å²) in [7, 11) is 0. The largest absolute Gasteiger partial charge is 0.356 e. The van der Waals surface area contributed by atoms with Gasteiger partial charge in [-0.05, 0) is 96.3 Å². The number of alkyl halides is 2. The van der Waals surface area contributed by atoms with Crippen LogP contribution in [0.15, 0.2) is 0 Å². The summed E-state index contributed by atoms with van der Waals surface area (Å²) in [6.45, 7) is 1.44. The van der Waals surface area contributed by atoms with Crippen LogP contribution in [0.5, 0.6) is 0 Å². The molecule has 6 aliphatic carbocycles. The van der Waals surface area contributed by atoms with Gasteiger partial charge in [-0.2, -0.15) is 10.5 Å². The Labute approximate surface area is 299 Å². The fraction of sp³-hybridized carbons (Fsp3) is 0.838. The maximum Gasteiger partial charge on any atom is 0.234 e. The number of nitrogens with one attached hydrogen (secondary N) is 4. The molecule has 12 nitrogen and oxygen atoms in total. The molecule has 2 aliphatic heterocycles. The number of halogens is 2. The number of nitriles is 2. The number of nitrogens with zero attached hydrogens (tertiary/aromatic N) is 4. The summed E-state index contributed by atoms with van der Waals surface area (Å²) < 4.78 is 27.5. The maximum atomic E-state index is 13.8. The van der Waals surface area contributed by atoms with Crippen LogP contribution in [0, 0.1) is 33.5 Å². The van der Waals surface area contributed by atoms with Crippen molar-refractivity contribution < 1.29 is 28.0 Å². The van der Waals surface area contributed by atoms with Gasteiger partial charge >= 0.3 is 0 Å². The molecule has 51 heavy (non-hydrogen) atoms. The number of fused-ring (bicyclic) bond motifs is 6. The molecule has 4 bridgehead atoms. The Balaban J connectivity index is 0.831. The molecule has 2 saturated heterocycles. The average Bonchev–Trinajstić information content (AvgIpc) is 3.67. The molecule has 8 aliphatic rings. The minimum atomic E-state index is -1.08. The van der Waals surface area contributed by atoms with Crippen LogP contribution in [0.1, 0.15) is 109 Å². The number of hydrogen-bond acceptors (Lipinski definition) is 8. The molecule has 0 aromatic rings. The summed E-state index contributed by atoms with van der Waals surface area (Å²) in [4.78, 5) is 55.4. The first-order valence-corrected chi connectivity index (χ1v) is 19.2. The fourth-order valence-electron chi connectivity index (χ4n) is 9.99. The lowest BCUT2D eigenvalue weighted by molar-refractivity contribution is -0.140. The van der Waals surface area contributed by atoms with Crippen molar-refractivity contribution in [2.24, 2.45) is 10.8 Å². The number of carbonyl (C=O) groups excluding carboxylic acids is 4. The molecule has 0 aromatic carbocycles. The number of carbonyl (C=O) groups is 4. The highest BCUT2D eigenvalue weighted by Gasteiger charge is 2.54. The Morgan fingerprint density at radius 3 is 1.27 bits per heavy atom. The molecule has 8 rings (SSSR count). The van der Waals surface area contributed by atoms with Crippen LogP contribution in [0.4, 0.5) is 8.78 Å². The van der Waals surface area contributed by atoms with Crippen molar-refractivity contribution in [2.75, 3.05) is 39.3 Å². The molecule has 0 aromatic heterocycles. The highest BCUT2D eigenvalue weighted by molar-refractivity contribution is 5.84. The fourth-order valence-corrected chi connectivity index (χ4v) is 9.99. The van der Waals surface area contributed by atoms with Crippen LogP contribution in [0.3, 0.4) is 0 Å². The molecule has 0 unspecified atom stereocenters. The third kappa shape index (κ3) is 8.17. The van der Waals surface area contributed by atoms with Crippen LogP contribution in [-0.2, 0) is 19.2 Å². The molecule has 4 N–H and O–H groups in total. The van der Waals surface area contributed by atoms with Crippen molar-refractivity contribution in [3.63, 3.8) is 0 Å². The highest BCUT2D eigenvalue weighted by Crippen LogP contribution is 2.53. The zero-order valence-electron chi connectivity index (χ0n) is 29.8. The monoisotopic (exact) mass is 712 g/mol. The van der Waals surface area contributed by atoms with Gasteiger partial charge in [0, 0.05) is 60.9 Å². The molecule has 0 spiro atoms. The van der Waals surface area contributed by atoms with E-state index in [1.807, 2.05) is 0 Å². The van der Waals surface area contributed by atoms with E-state index in [0.29, 0.717) is 13.1 Å². The topological polar surface area (TPSA) is 170 Å². The van der Waals surface area contributed by atoms with Crippen molar-refractivity contribution in [1.29, 1.82) is 10.5 Å². The first kappa shape index (κ1) is 37.4. The van der Waals surface area contributed by atoms with Crippen molar-refractivity contribution in [3.05, 3.63) is 0 Å². The second kappa shape index (κ2) is 15.3. The van der Waals surface area contributed by atoms with Gasteiger partial charge in [0.25, 0.3) is 0 Å². The Kier molecular flexibility index (Phi) is 11.2. The molecule has 8 fully saturated rings. The summed E-state index contributed by atoms with van der Waals surface area (Å²) in [6, 6.07) is 3.06. The van der Waals surface area contributed by atoms with E-state index in [0.717, 1.165) is 96.3 Å².